The molecule has 0 bridgehead atoms. The number of halogens is 2. The van der Waals surface area contributed by atoms with Crippen LogP contribution < -0.4 is 10.5 Å². The number of hydrogen-bond acceptors (Lipinski definition) is 3. The fourth-order valence-electron chi connectivity index (χ4n) is 2.28. The highest BCUT2D eigenvalue weighted by Crippen LogP contribution is 2.31. The highest BCUT2D eigenvalue weighted by molar-refractivity contribution is 9.10. The van der Waals surface area contributed by atoms with Gasteiger partial charge in [0, 0.05) is 10.5 Å². The molecule has 3 N–H and O–H groups in total. The molecule has 0 radical (unpaired) electrons. The van der Waals surface area contributed by atoms with Gasteiger partial charge in [0.1, 0.15) is 4.90 Å². The van der Waals surface area contributed by atoms with Gasteiger partial charge < -0.3 is 5.32 Å². The van der Waals surface area contributed by atoms with Gasteiger partial charge in [-0.3, -0.25) is 4.79 Å². The molecule has 0 aromatic heterocycles. The van der Waals surface area contributed by atoms with Crippen molar-refractivity contribution in [2.75, 3.05) is 0 Å². The number of benzene rings is 1. The van der Waals surface area contributed by atoms with E-state index in [4.69, 9.17) is 16.7 Å². The van der Waals surface area contributed by atoms with Crippen LogP contribution >= 0.6 is 27.5 Å². The van der Waals surface area contributed by atoms with Crippen molar-refractivity contribution >= 4 is 43.5 Å². The Morgan fingerprint density at radius 1 is 1.48 bits per heavy atom. The van der Waals surface area contributed by atoms with Crippen LogP contribution in [0.15, 0.2) is 21.5 Å². The van der Waals surface area contributed by atoms with E-state index in [0.717, 1.165) is 12.8 Å². The van der Waals surface area contributed by atoms with Crippen LogP contribution in [0.3, 0.4) is 0 Å². The monoisotopic (exact) mass is 394 g/mol. The van der Waals surface area contributed by atoms with Crippen molar-refractivity contribution in [1.82, 2.24) is 5.32 Å². The van der Waals surface area contributed by atoms with E-state index in [1.165, 1.54) is 18.6 Å². The summed E-state index contributed by atoms with van der Waals surface area (Å²) in [7, 11) is -3.99. The highest BCUT2D eigenvalue weighted by atomic mass is 79.9. The van der Waals surface area contributed by atoms with Crippen LogP contribution in [0.4, 0.5) is 0 Å². The summed E-state index contributed by atoms with van der Waals surface area (Å²) in [5.74, 6) is 0.0724. The summed E-state index contributed by atoms with van der Waals surface area (Å²) >= 11 is 9.20. The summed E-state index contributed by atoms with van der Waals surface area (Å²) in [5.41, 5.74) is 0.0984. The molecule has 0 aliphatic heterocycles. The van der Waals surface area contributed by atoms with E-state index in [0.29, 0.717) is 10.4 Å². The normalized spacial score (nSPS) is 17.1. The van der Waals surface area contributed by atoms with Gasteiger partial charge in [0.05, 0.1) is 10.6 Å². The van der Waals surface area contributed by atoms with Crippen molar-refractivity contribution in [1.29, 1.82) is 0 Å². The van der Waals surface area contributed by atoms with Crippen LogP contribution in [-0.2, 0) is 10.0 Å². The standard InChI is InChI=1S/C13H16BrClN2O3S/c1-7(8-3-2-4-8)17-13(18)10-5-9(14)6-11(12(10)15)21(16,19)20/h5-8H,2-4H2,1H3,(H,17,18)(H2,16,19,20). The first-order valence-electron chi connectivity index (χ1n) is 6.53. The molecule has 0 heterocycles. The fourth-order valence-corrected chi connectivity index (χ4v) is 4.06. The lowest BCUT2D eigenvalue weighted by atomic mass is 9.80. The number of sulfonamides is 1. The Labute approximate surface area is 137 Å². The molecule has 0 spiro atoms. The van der Waals surface area contributed by atoms with Crippen LogP contribution in [0.5, 0.6) is 0 Å². The third kappa shape index (κ3) is 3.77. The average Bonchev–Trinajstić information content (AvgIpc) is 2.27. The summed E-state index contributed by atoms with van der Waals surface area (Å²) in [6, 6.07) is 2.79. The van der Waals surface area contributed by atoms with Crippen LogP contribution in [0, 0.1) is 5.92 Å². The molecule has 1 saturated carbocycles. The van der Waals surface area contributed by atoms with Crippen molar-refractivity contribution in [3.8, 4) is 0 Å². The van der Waals surface area contributed by atoms with E-state index in [2.05, 4.69) is 21.2 Å². The van der Waals surface area contributed by atoms with Gasteiger partial charge in [-0.05, 0) is 37.8 Å². The van der Waals surface area contributed by atoms with Crippen molar-refractivity contribution in [2.45, 2.75) is 37.1 Å². The second kappa shape index (κ2) is 6.24. The molecule has 1 aromatic carbocycles. The Morgan fingerprint density at radius 2 is 2.10 bits per heavy atom. The molecule has 1 atom stereocenters. The van der Waals surface area contributed by atoms with Crippen molar-refractivity contribution in [2.24, 2.45) is 11.1 Å². The molecule has 1 unspecified atom stereocenters. The SMILES string of the molecule is CC(NC(=O)c1cc(Br)cc(S(N)(=O)=O)c1Cl)C1CCC1. The molecule has 0 saturated heterocycles. The summed E-state index contributed by atoms with van der Waals surface area (Å²) < 4.78 is 23.4. The summed E-state index contributed by atoms with van der Waals surface area (Å²) in [4.78, 5) is 12.0. The van der Waals surface area contributed by atoms with Gasteiger partial charge >= 0.3 is 0 Å². The molecule has 1 aliphatic carbocycles. The average molecular weight is 396 g/mol. The maximum atomic E-state index is 12.3. The Kier molecular flexibility index (Phi) is 4.97. The Morgan fingerprint density at radius 3 is 2.57 bits per heavy atom. The number of nitrogens with one attached hydrogen (secondary N) is 1. The molecule has 5 nitrogen and oxygen atoms in total. The van der Waals surface area contributed by atoms with Gasteiger partial charge in [0.15, 0.2) is 0 Å². The van der Waals surface area contributed by atoms with Crippen molar-refractivity contribution < 1.29 is 13.2 Å². The smallest absolute Gasteiger partial charge is 0.253 e. The Balaban J connectivity index is 2.30. The van der Waals surface area contributed by atoms with Gasteiger partial charge in [0.25, 0.3) is 5.91 Å². The number of amides is 1. The van der Waals surface area contributed by atoms with Crippen molar-refractivity contribution in [3.05, 3.63) is 27.2 Å². The zero-order valence-corrected chi connectivity index (χ0v) is 14.6. The third-order valence-electron chi connectivity index (χ3n) is 3.77. The number of hydrogen-bond donors (Lipinski definition) is 2. The summed E-state index contributed by atoms with van der Waals surface area (Å²) in [6.07, 6.45) is 3.37. The Hall–Kier alpha value is -0.630. The molecule has 1 aliphatic rings. The summed E-state index contributed by atoms with van der Waals surface area (Å²) in [6.45, 7) is 1.94. The first-order chi connectivity index (χ1) is 9.70. The molecule has 21 heavy (non-hydrogen) atoms. The predicted molar refractivity (Wildman–Crippen MR) is 84.8 cm³/mol. The van der Waals surface area contributed by atoms with Crippen LogP contribution in [0.25, 0.3) is 0 Å². The van der Waals surface area contributed by atoms with E-state index < -0.39 is 15.9 Å². The number of carbonyl (C=O) groups is 1. The van der Waals surface area contributed by atoms with Gasteiger partial charge in [0.2, 0.25) is 10.0 Å². The summed E-state index contributed by atoms with van der Waals surface area (Å²) in [5, 5.41) is 7.82. The first kappa shape index (κ1) is 16.7. The van der Waals surface area contributed by atoms with Gasteiger partial charge in [-0.2, -0.15) is 0 Å². The maximum Gasteiger partial charge on any atom is 0.253 e. The number of primary sulfonamides is 1. The largest absolute Gasteiger partial charge is 0.349 e. The fraction of sp³-hybridized carbons (Fsp3) is 0.462. The van der Waals surface area contributed by atoms with E-state index >= 15 is 0 Å². The second-order valence-corrected chi connectivity index (χ2v) is 8.09. The molecule has 8 heteroatoms. The molecular weight excluding hydrogens is 380 g/mol. The minimum atomic E-state index is -3.99. The Bertz CT molecular complexity index is 674. The van der Waals surface area contributed by atoms with Gasteiger partial charge in [-0.25, -0.2) is 13.6 Å². The van der Waals surface area contributed by atoms with E-state index in [1.54, 1.807) is 0 Å². The van der Waals surface area contributed by atoms with Gasteiger partial charge in [-0.1, -0.05) is 34.0 Å². The second-order valence-electron chi connectivity index (χ2n) is 5.26. The molecular formula is C13H16BrClN2O3S. The predicted octanol–water partition coefficient (Wildman–Crippen LogP) is 2.67. The van der Waals surface area contributed by atoms with Crippen LogP contribution in [0.2, 0.25) is 5.02 Å². The lowest BCUT2D eigenvalue weighted by Gasteiger charge is -2.32. The zero-order valence-electron chi connectivity index (χ0n) is 11.4. The lowest BCUT2D eigenvalue weighted by Crippen LogP contribution is -2.40. The maximum absolute atomic E-state index is 12.3. The zero-order chi connectivity index (χ0) is 15.8. The van der Waals surface area contributed by atoms with E-state index in [9.17, 15) is 13.2 Å². The minimum absolute atomic E-state index is 0.0271. The minimum Gasteiger partial charge on any atom is -0.349 e. The van der Waals surface area contributed by atoms with Crippen LogP contribution in [-0.4, -0.2) is 20.4 Å². The highest BCUT2D eigenvalue weighted by Gasteiger charge is 2.27. The van der Waals surface area contributed by atoms with Crippen LogP contribution in [0.1, 0.15) is 36.5 Å². The van der Waals surface area contributed by atoms with Gasteiger partial charge in [-0.15, -0.1) is 0 Å². The topological polar surface area (TPSA) is 89.3 Å². The molecule has 1 fully saturated rings. The molecule has 2 rings (SSSR count). The van der Waals surface area contributed by atoms with E-state index in [1.807, 2.05) is 6.92 Å². The number of nitrogens with two attached hydrogens (primary N) is 1. The van der Waals surface area contributed by atoms with E-state index in [-0.39, 0.29) is 21.5 Å². The number of rotatable bonds is 4. The lowest BCUT2D eigenvalue weighted by molar-refractivity contribution is 0.0909. The first-order valence-corrected chi connectivity index (χ1v) is 9.24. The third-order valence-corrected chi connectivity index (χ3v) is 5.68. The molecule has 1 aromatic rings. The molecule has 1 amide bonds. The van der Waals surface area contributed by atoms with Crippen molar-refractivity contribution in [3.63, 3.8) is 0 Å². The molecule has 116 valence electrons. The quantitative estimate of drug-likeness (QED) is 0.821. The number of carbonyl (C=O) groups excluding carboxylic acids is 1.